The van der Waals surface area contributed by atoms with E-state index in [4.69, 9.17) is 0 Å². The van der Waals surface area contributed by atoms with Crippen LogP contribution in [0.4, 0.5) is 17.1 Å². The summed E-state index contributed by atoms with van der Waals surface area (Å²) in [5.74, 6) is -0.720. The van der Waals surface area contributed by atoms with E-state index in [0.29, 0.717) is 27.5 Å². The van der Waals surface area contributed by atoms with Gasteiger partial charge in [-0.15, -0.1) is 11.3 Å². The fourth-order valence-corrected chi connectivity index (χ4v) is 3.04. The van der Waals surface area contributed by atoms with Gasteiger partial charge < -0.3 is 16.0 Å². The van der Waals surface area contributed by atoms with Crippen molar-refractivity contribution in [3.8, 4) is 0 Å². The smallest absolute Gasteiger partial charge is 0.265 e. The van der Waals surface area contributed by atoms with Crippen molar-refractivity contribution < 1.29 is 14.4 Å². The summed E-state index contributed by atoms with van der Waals surface area (Å²) < 4.78 is 0. The Morgan fingerprint density at radius 1 is 0.741 bits per heavy atom. The fourth-order valence-electron chi connectivity index (χ4n) is 2.42. The summed E-state index contributed by atoms with van der Waals surface area (Å²) in [6.07, 6.45) is 0. The summed E-state index contributed by atoms with van der Waals surface area (Å²) in [5, 5.41) is 10.1. The first-order chi connectivity index (χ1) is 13.0. The molecule has 136 valence electrons. The molecule has 0 atom stereocenters. The molecule has 7 heteroatoms. The molecule has 6 nitrogen and oxygen atoms in total. The minimum atomic E-state index is -0.316. The number of thiophene rings is 1. The van der Waals surface area contributed by atoms with Crippen molar-refractivity contribution in [1.82, 2.24) is 0 Å². The largest absolute Gasteiger partial charge is 0.326 e. The number of hydrogen-bond acceptors (Lipinski definition) is 4. The third-order valence-electron chi connectivity index (χ3n) is 3.57. The van der Waals surface area contributed by atoms with Gasteiger partial charge >= 0.3 is 0 Å². The summed E-state index contributed by atoms with van der Waals surface area (Å²) in [7, 11) is 0. The molecule has 3 aromatic rings. The highest BCUT2D eigenvalue weighted by Crippen LogP contribution is 2.19. The molecule has 0 fully saturated rings. The summed E-state index contributed by atoms with van der Waals surface area (Å²) >= 11 is 1.36. The SMILES string of the molecule is CC(=O)Nc1cccc(C(=O)Nc2cccc(NC(=O)c3cccs3)c2)c1. The van der Waals surface area contributed by atoms with Gasteiger partial charge in [0.1, 0.15) is 0 Å². The van der Waals surface area contributed by atoms with E-state index in [1.165, 1.54) is 18.3 Å². The zero-order valence-corrected chi connectivity index (χ0v) is 15.3. The van der Waals surface area contributed by atoms with Crippen molar-refractivity contribution in [2.45, 2.75) is 6.92 Å². The molecule has 3 amide bonds. The van der Waals surface area contributed by atoms with E-state index in [0.717, 1.165) is 0 Å². The Balaban J connectivity index is 1.69. The molecular formula is C20H17N3O3S. The molecule has 0 bridgehead atoms. The van der Waals surface area contributed by atoms with Crippen LogP contribution in [0.1, 0.15) is 27.0 Å². The lowest BCUT2D eigenvalue weighted by atomic mass is 10.1. The predicted octanol–water partition coefficient (Wildman–Crippen LogP) is 4.21. The van der Waals surface area contributed by atoms with E-state index in [-0.39, 0.29) is 17.7 Å². The van der Waals surface area contributed by atoms with Gasteiger partial charge in [-0.2, -0.15) is 0 Å². The summed E-state index contributed by atoms with van der Waals surface area (Å²) in [6.45, 7) is 1.41. The van der Waals surface area contributed by atoms with Crippen molar-refractivity contribution in [1.29, 1.82) is 0 Å². The minimum Gasteiger partial charge on any atom is -0.326 e. The van der Waals surface area contributed by atoms with Gasteiger partial charge in [-0.25, -0.2) is 0 Å². The first kappa shape index (κ1) is 18.3. The average Bonchev–Trinajstić information content (AvgIpc) is 3.16. The van der Waals surface area contributed by atoms with Gasteiger partial charge in [0.05, 0.1) is 4.88 Å². The third-order valence-corrected chi connectivity index (χ3v) is 4.44. The van der Waals surface area contributed by atoms with Crippen LogP contribution in [0.5, 0.6) is 0 Å². The van der Waals surface area contributed by atoms with Crippen LogP contribution in [0.3, 0.4) is 0 Å². The highest BCUT2D eigenvalue weighted by molar-refractivity contribution is 7.12. The molecule has 2 aromatic carbocycles. The maximum absolute atomic E-state index is 12.5. The molecule has 0 aliphatic heterocycles. The number of anilines is 3. The van der Waals surface area contributed by atoms with Crippen LogP contribution in [0.25, 0.3) is 0 Å². The number of hydrogen-bond donors (Lipinski definition) is 3. The number of carbonyl (C=O) groups excluding carboxylic acids is 3. The number of rotatable bonds is 5. The van der Waals surface area contributed by atoms with Crippen LogP contribution < -0.4 is 16.0 Å². The Hall–Kier alpha value is -3.45. The van der Waals surface area contributed by atoms with E-state index in [1.807, 2.05) is 11.4 Å². The van der Waals surface area contributed by atoms with Crippen molar-refractivity contribution in [3.05, 3.63) is 76.5 Å². The van der Waals surface area contributed by atoms with E-state index in [1.54, 1.807) is 54.6 Å². The lowest BCUT2D eigenvalue weighted by Crippen LogP contribution is -2.14. The lowest BCUT2D eigenvalue weighted by Gasteiger charge is -2.09. The number of amides is 3. The van der Waals surface area contributed by atoms with E-state index < -0.39 is 0 Å². The van der Waals surface area contributed by atoms with Crippen molar-refractivity contribution >= 4 is 46.1 Å². The zero-order valence-electron chi connectivity index (χ0n) is 14.5. The second kappa shape index (κ2) is 8.29. The van der Waals surface area contributed by atoms with Crippen molar-refractivity contribution in [2.75, 3.05) is 16.0 Å². The lowest BCUT2D eigenvalue weighted by molar-refractivity contribution is -0.114. The van der Waals surface area contributed by atoms with E-state index in [2.05, 4.69) is 16.0 Å². The molecule has 0 spiro atoms. The third kappa shape index (κ3) is 5.02. The maximum Gasteiger partial charge on any atom is 0.265 e. The molecule has 0 unspecified atom stereocenters. The minimum absolute atomic E-state index is 0.198. The Labute approximate surface area is 160 Å². The van der Waals surface area contributed by atoms with Gasteiger partial charge in [0.25, 0.3) is 11.8 Å². The second-order valence-electron chi connectivity index (χ2n) is 5.73. The molecular weight excluding hydrogens is 362 g/mol. The van der Waals surface area contributed by atoms with Crippen LogP contribution in [0.15, 0.2) is 66.0 Å². The number of nitrogens with one attached hydrogen (secondary N) is 3. The Bertz CT molecular complexity index is 984. The highest BCUT2D eigenvalue weighted by atomic mass is 32.1. The molecule has 0 saturated carbocycles. The topological polar surface area (TPSA) is 87.3 Å². The fraction of sp³-hybridized carbons (Fsp3) is 0.0500. The van der Waals surface area contributed by atoms with E-state index in [9.17, 15) is 14.4 Å². The highest BCUT2D eigenvalue weighted by Gasteiger charge is 2.10. The van der Waals surface area contributed by atoms with Crippen LogP contribution in [0, 0.1) is 0 Å². The first-order valence-corrected chi connectivity index (χ1v) is 9.03. The molecule has 3 rings (SSSR count). The number of carbonyl (C=O) groups is 3. The quantitative estimate of drug-likeness (QED) is 0.620. The second-order valence-corrected chi connectivity index (χ2v) is 6.68. The Kier molecular flexibility index (Phi) is 5.63. The standard InChI is InChI=1S/C20H17N3O3S/c1-13(24)21-15-6-2-5-14(11-15)19(25)22-16-7-3-8-17(12-16)23-20(26)18-9-4-10-27-18/h2-12H,1H3,(H,21,24)(H,22,25)(H,23,26). The molecule has 1 heterocycles. The van der Waals surface area contributed by atoms with Crippen LogP contribution >= 0.6 is 11.3 Å². The van der Waals surface area contributed by atoms with Gasteiger partial charge in [0.2, 0.25) is 5.91 Å². The molecule has 1 aromatic heterocycles. The Morgan fingerprint density at radius 2 is 1.37 bits per heavy atom. The Morgan fingerprint density at radius 3 is 2.00 bits per heavy atom. The predicted molar refractivity (Wildman–Crippen MR) is 107 cm³/mol. The van der Waals surface area contributed by atoms with Crippen LogP contribution in [0.2, 0.25) is 0 Å². The summed E-state index contributed by atoms with van der Waals surface area (Å²) in [4.78, 5) is 36.4. The summed E-state index contributed by atoms with van der Waals surface area (Å²) in [5.41, 5.74) is 2.09. The molecule has 27 heavy (non-hydrogen) atoms. The van der Waals surface area contributed by atoms with Crippen molar-refractivity contribution in [2.24, 2.45) is 0 Å². The van der Waals surface area contributed by atoms with Gasteiger partial charge in [0, 0.05) is 29.5 Å². The molecule has 3 N–H and O–H groups in total. The average molecular weight is 379 g/mol. The summed E-state index contributed by atoms with van der Waals surface area (Å²) in [6, 6.07) is 17.1. The van der Waals surface area contributed by atoms with Gasteiger partial charge in [-0.3, -0.25) is 14.4 Å². The monoisotopic (exact) mass is 379 g/mol. The van der Waals surface area contributed by atoms with Gasteiger partial charge in [0.15, 0.2) is 0 Å². The maximum atomic E-state index is 12.5. The molecule has 0 aliphatic rings. The normalized spacial score (nSPS) is 10.1. The first-order valence-electron chi connectivity index (χ1n) is 8.15. The van der Waals surface area contributed by atoms with Gasteiger partial charge in [-0.1, -0.05) is 18.2 Å². The van der Waals surface area contributed by atoms with E-state index >= 15 is 0 Å². The molecule has 0 saturated heterocycles. The van der Waals surface area contributed by atoms with Gasteiger partial charge in [-0.05, 0) is 47.8 Å². The van der Waals surface area contributed by atoms with Crippen LogP contribution in [-0.4, -0.2) is 17.7 Å². The molecule has 0 aliphatic carbocycles. The van der Waals surface area contributed by atoms with Crippen LogP contribution in [-0.2, 0) is 4.79 Å². The molecule has 0 radical (unpaired) electrons. The zero-order chi connectivity index (χ0) is 19.2. The number of benzene rings is 2. The van der Waals surface area contributed by atoms with Crippen molar-refractivity contribution in [3.63, 3.8) is 0 Å².